The molecule has 1 saturated heterocycles. The Kier molecular flexibility index (Phi) is 4.83. The summed E-state index contributed by atoms with van der Waals surface area (Å²) in [4.78, 5) is 14.3. The van der Waals surface area contributed by atoms with Gasteiger partial charge in [0.1, 0.15) is 0 Å². The minimum absolute atomic E-state index is 0.131. The Labute approximate surface area is 116 Å². The molecule has 0 aromatic heterocycles. The van der Waals surface area contributed by atoms with Crippen molar-refractivity contribution in [1.82, 2.24) is 0 Å². The van der Waals surface area contributed by atoms with Crippen molar-refractivity contribution in [2.24, 2.45) is 0 Å². The normalized spacial score (nSPS) is 14.7. The molecule has 0 spiro atoms. The Morgan fingerprint density at radius 1 is 1.32 bits per heavy atom. The van der Waals surface area contributed by atoms with Crippen LogP contribution >= 0.6 is 0 Å². The van der Waals surface area contributed by atoms with Crippen LogP contribution in [0.15, 0.2) is 18.2 Å². The fraction of sp³-hybridized carbons (Fsp3) is 0.562. The molecule has 0 bridgehead atoms. The number of amides is 1. The van der Waals surface area contributed by atoms with Crippen LogP contribution in [-0.2, 0) is 4.79 Å². The highest BCUT2D eigenvalue weighted by molar-refractivity contribution is 5.94. The van der Waals surface area contributed by atoms with Gasteiger partial charge in [-0.05, 0) is 43.9 Å². The molecular formula is C16H24N2O. The highest BCUT2D eigenvalue weighted by Gasteiger charge is 2.16. The molecule has 1 amide bonds. The highest BCUT2D eigenvalue weighted by Crippen LogP contribution is 2.30. The maximum absolute atomic E-state index is 11.9. The number of nitrogens with one attached hydrogen (secondary N) is 1. The van der Waals surface area contributed by atoms with E-state index in [0.29, 0.717) is 6.42 Å². The second-order valence-electron chi connectivity index (χ2n) is 5.37. The van der Waals surface area contributed by atoms with Gasteiger partial charge in [0.05, 0.1) is 11.4 Å². The van der Waals surface area contributed by atoms with Gasteiger partial charge in [-0.25, -0.2) is 0 Å². The second-order valence-corrected chi connectivity index (χ2v) is 5.37. The largest absolute Gasteiger partial charge is 0.370 e. The molecule has 1 fully saturated rings. The van der Waals surface area contributed by atoms with Crippen molar-refractivity contribution in [3.63, 3.8) is 0 Å². The van der Waals surface area contributed by atoms with Crippen LogP contribution in [0.1, 0.15) is 44.6 Å². The van der Waals surface area contributed by atoms with Gasteiger partial charge in [-0.1, -0.05) is 19.4 Å². The fourth-order valence-corrected chi connectivity index (χ4v) is 2.52. The molecule has 3 heteroatoms. The first-order valence-electron chi connectivity index (χ1n) is 7.36. The number of hydrogen-bond acceptors (Lipinski definition) is 2. The number of carbonyl (C=O) groups is 1. The van der Waals surface area contributed by atoms with Crippen molar-refractivity contribution in [2.45, 2.75) is 46.0 Å². The van der Waals surface area contributed by atoms with E-state index < -0.39 is 0 Å². The van der Waals surface area contributed by atoms with Crippen LogP contribution in [0.25, 0.3) is 0 Å². The van der Waals surface area contributed by atoms with Gasteiger partial charge >= 0.3 is 0 Å². The first-order chi connectivity index (χ1) is 9.20. The number of anilines is 2. The van der Waals surface area contributed by atoms with Crippen LogP contribution in [0.4, 0.5) is 11.4 Å². The minimum atomic E-state index is 0.131. The third kappa shape index (κ3) is 3.72. The van der Waals surface area contributed by atoms with E-state index in [1.807, 2.05) is 6.07 Å². The van der Waals surface area contributed by atoms with E-state index in [1.165, 1.54) is 24.1 Å². The summed E-state index contributed by atoms with van der Waals surface area (Å²) in [5.74, 6) is 0.131. The van der Waals surface area contributed by atoms with E-state index in [1.54, 1.807) is 0 Å². The summed E-state index contributed by atoms with van der Waals surface area (Å²) >= 11 is 0. The molecule has 1 heterocycles. The number of carbonyl (C=O) groups excluding carboxylic acids is 1. The average Bonchev–Trinajstić information content (AvgIpc) is 2.92. The van der Waals surface area contributed by atoms with E-state index in [2.05, 4.69) is 36.2 Å². The summed E-state index contributed by atoms with van der Waals surface area (Å²) in [5.41, 5.74) is 3.39. The Morgan fingerprint density at radius 3 is 2.74 bits per heavy atom. The summed E-state index contributed by atoms with van der Waals surface area (Å²) < 4.78 is 0. The Bertz CT molecular complexity index is 436. The van der Waals surface area contributed by atoms with Crippen molar-refractivity contribution < 1.29 is 4.79 Å². The van der Waals surface area contributed by atoms with Gasteiger partial charge in [-0.3, -0.25) is 4.79 Å². The van der Waals surface area contributed by atoms with E-state index in [-0.39, 0.29) is 5.91 Å². The molecule has 104 valence electrons. The van der Waals surface area contributed by atoms with Crippen LogP contribution in [0.3, 0.4) is 0 Å². The van der Waals surface area contributed by atoms with Gasteiger partial charge in [0.15, 0.2) is 0 Å². The molecule has 0 radical (unpaired) electrons. The molecular weight excluding hydrogens is 236 g/mol. The van der Waals surface area contributed by atoms with Gasteiger partial charge < -0.3 is 10.2 Å². The minimum Gasteiger partial charge on any atom is -0.370 e. The summed E-state index contributed by atoms with van der Waals surface area (Å²) in [6.07, 6.45) is 5.12. The first kappa shape index (κ1) is 13.9. The van der Waals surface area contributed by atoms with Crippen molar-refractivity contribution in [3.8, 4) is 0 Å². The van der Waals surface area contributed by atoms with Crippen molar-refractivity contribution in [1.29, 1.82) is 0 Å². The van der Waals surface area contributed by atoms with Gasteiger partial charge in [0, 0.05) is 19.5 Å². The molecule has 0 unspecified atom stereocenters. The Hall–Kier alpha value is -1.51. The number of unbranched alkanes of at least 4 members (excludes halogenated alkanes) is 1. The van der Waals surface area contributed by atoms with Crippen LogP contribution < -0.4 is 10.2 Å². The lowest BCUT2D eigenvalue weighted by atomic mass is 10.1. The second kappa shape index (κ2) is 6.60. The summed E-state index contributed by atoms with van der Waals surface area (Å²) in [6.45, 7) is 6.40. The Balaban J connectivity index is 2.12. The molecule has 3 nitrogen and oxygen atoms in total. The molecule has 1 N–H and O–H groups in total. The number of hydrogen-bond donors (Lipinski definition) is 1. The zero-order chi connectivity index (χ0) is 13.7. The predicted molar refractivity (Wildman–Crippen MR) is 80.8 cm³/mol. The topological polar surface area (TPSA) is 32.3 Å². The maximum Gasteiger partial charge on any atom is 0.224 e. The molecule has 1 aromatic carbocycles. The lowest BCUT2D eigenvalue weighted by Gasteiger charge is -2.22. The van der Waals surface area contributed by atoms with E-state index >= 15 is 0 Å². The third-order valence-electron chi connectivity index (χ3n) is 3.63. The molecule has 0 atom stereocenters. The smallest absolute Gasteiger partial charge is 0.224 e. The standard InChI is InChI=1S/C16H24N2O/c1-3-4-7-16(19)17-14-9-8-13(2)12-15(14)18-10-5-6-11-18/h8-9,12H,3-7,10-11H2,1-2H3,(H,17,19). The molecule has 1 aliphatic rings. The molecule has 1 aliphatic heterocycles. The fourth-order valence-electron chi connectivity index (χ4n) is 2.52. The lowest BCUT2D eigenvalue weighted by molar-refractivity contribution is -0.116. The summed E-state index contributed by atoms with van der Waals surface area (Å²) in [7, 11) is 0. The molecule has 0 aliphatic carbocycles. The van der Waals surface area contributed by atoms with Crippen LogP contribution in [-0.4, -0.2) is 19.0 Å². The van der Waals surface area contributed by atoms with Crippen molar-refractivity contribution >= 4 is 17.3 Å². The Morgan fingerprint density at radius 2 is 2.05 bits per heavy atom. The van der Waals surface area contributed by atoms with E-state index in [4.69, 9.17) is 0 Å². The lowest BCUT2D eigenvalue weighted by Crippen LogP contribution is -2.21. The third-order valence-corrected chi connectivity index (χ3v) is 3.63. The van der Waals surface area contributed by atoms with Crippen LogP contribution in [0.5, 0.6) is 0 Å². The van der Waals surface area contributed by atoms with E-state index in [0.717, 1.165) is 31.6 Å². The monoisotopic (exact) mass is 260 g/mol. The van der Waals surface area contributed by atoms with Crippen LogP contribution in [0.2, 0.25) is 0 Å². The van der Waals surface area contributed by atoms with Gasteiger partial charge in [0.25, 0.3) is 0 Å². The number of nitrogens with zero attached hydrogens (tertiary/aromatic N) is 1. The predicted octanol–water partition coefficient (Wildman–Crippen LogP) is 3.72. The van der Waals surface area contributed by atoms with Gasteiger partial charge in [-0.15, -0.1) is 0 Å². The first-order valence-corrected chi connectivity index (χ1v) is 7.36. The number of aryl methyl sites for hydroxylation is 1. The highest BCUT2D eigenvalue weighted by atomic mass is 16.1. The molecule has 2 rings (SSSR count). The molecule has 1 aromatic rings. The van der Waals surface area contributed by atoms with E-state index in [9.17, 15) is 4.79 Å². The quantitative estimate of drug-likeness (QED) is 0.875. The van der Waals surface area contributed by atoms with Crippen molar-refractivity contribution in [2.75, 3.05) is 23.3 Å². The molecule has 19 heavy (non-hydrogen) atoms. The van der Waals surface area contributed by atoms with Crippen molar-refractivity contribution in [3.05, 3.63) is 23.8 Å². The number of rotatable bonds is 5. The zero-order valence-electron chi connectivity index (χ0n) is 12.0. The maximum atomic E-state index is 11.9. The zero-order valence-corrected chi connectivity index (χ0v) is 12.0. The summed E-state index contributed by atoms with van der Waals surface area (Å²) in [6, 6.07) is 6.28. The average molecular weight is 260 g/mol. The summed E-state index contributed by atoms with van der Waals surface area (Å²) in [5, 5.41) is 3.07. The van der Waals surface area contributed by atoms with Gasteiger partial charge in [0.2, 0.25) is 5.91 Å². The van der Waals surface area contributed by atoms with Crippen LogP contribution in [0, 0.1) is 6.92 Å². The molecule has 0 saturated carbocycles. The van der Waals surface area contributed by atoms with Gasteiger partial charge in [-0.2, -0.15) is 0 Å². The SMILES string of the molecule is CCCCC(=O)Nc1ccc(C)cc1N1CCCC1. The number of benzene rings is 1.